The van der Waals surface area contributed by atoms with Crippen molar-refractivity contribution in [1.82, 2.24) is 9.97 Å². The minimum atomic E-state index is -0.230. The maximum Gasteiger partial charge on any atom is 0.141 e. The second kappa shape index (κ2) is 5.93. The van der Waals surface area contributed by atoms with E-state index < -0.39 is 0 Å². The number of hydrogen-bond acceptors (Lipinski definition) is 3. The summed E-state index contributed by atoms with van der Waals surface area (Å²) >= 11 is 8.10. The molecule has 2 nitrogen and oxygen atoms in total. The zero-order valence-electron chi connectivity index (χ0n) is 8.53. The number of benzene rings is 1. The van der Waals surface area contributed by atoms with E-state index in [0.717, 1.165) is 14.1 Å². The fourth-order valence-corrected chi connectivity index (χ4v) is 3.15. The molecule has 2 rings (SSSR count). The SMILES string of the molecule is Fc1cccc(SCc2nc(Br)cc(Br)n2)c1. The highest BCUT2D eigenvalue weighted by Gasteiger charge is 2.03. The highest BCUT2D eigenvalue weighted by molar-refractivity contribution is 9.11. The van der Waals surface area contributed by atoms with E-state index in [2.05, 4.69) is 41.8 Å². The first kappa shape index (κ1) is 13.0. The lowest BCUT2D eigenvalue weighted by Crippen LogP contribution is -1.93. The Balaban J connectivity index is 2.07. The smallest absolute Gasteiger partial charge is 0.141 e. The van der Waals surface area contributed by atoms with Gasteiger partial charge in [0.1, 0.15) is 20.8 Å². The lowest BCUT2D eigenvalue weighted by molar-refractivity contribution is 0.624. The van der Waals surface area contributed by atoms with Crippen LogP contribution in [0.15, 0.2) is 44.4 Å². The second-order valence-corrected chi connectivity index (χ2v) is 5.85. The molecule has 0 saturated heterocycles. The average Bonchev–Trinajstić information content (AvgIpc) is 2.25. The molecule has 6 heteroatoms. The van der Waals surface area contributed by atoms with Crippen LogP contribution in [-0.4, -0.2) is 9.97 Å². The molecule has 0 saturated carbocycles. The van der Waals surface area contributed by atoms with Gasteiger partial charge in [0.15, 0.2) is 0 Å². The zero-order valence-corrected chi connectivity index (χ0v) is 12.5. The molecule has 17 heavy (non-hydrogen) atoms. The van der Waals surface area contributed by atoms with Crippen LogP contribution in [0.4, 0.5) is 4.39 Å². The van der Waals surface area contributed by atoms with Crippen LogP contribution in [0.25, 0.3) is 0 Å². The number of aromatic nitrogens is 2. The van der Waals surface area contributed by atoms with Gasteiger partial charge in [-0.25, -0.2) is 14.4 Å². The van der Waals surface area contributed by atoms with E-state index in [0.29, 0.717) is 11.6 Å². The molecule has 2 aromatic rings. The highest BCUT2D eigenvalue weighted by atomic mass is 79.9. The molecule has 0 amide bonds. The third-order valence-electron chi connectivity index (χ3n) is 1.87. The van der Waals surface area contributed by atoms with Gasteiger partial charge in [0.05, 0.1) is 5.75 Å². The molecule has 0 unspecified atom stereocenters. The van der Waals surface area contributed by atoms with Gasteiger partial charge in [0.2, 0.25) is 0 Å². The molecule has 0 atom stereocenters. The molecule has 0 N–H and O–H groups in total. The largest absolute Gasteiger partial charge is 0.225 e. The second-order valence-electron chi connectivity index (χ2n) is 3.18. The number of nitrogens with zero attached hydrogens (tertiary/aromatic N) is 2. The van der Waals surface area contributed by atoms with Crippen LogP contribution >= 0.6 is 43.6 Å². The van der Waals surface area contributed by atoms with Crippen molar-refractivity contribution < 1.29 is 4.39 Å². The summed E-state index contributed by atoms with van der Waals surface area (Å²) in [5.41, 5.74) is 0. The van der Waals surface area contributed by atoms with Gasteiger partial charge in [0.25, 0.3) is 0 Å². The third kappa shape index (κ3) is 4.04. The minimum Gasteiger partial charge on any atom is -0.225 e. The molecule has 1 aromatic carbocycles. The summed E-state index contributed by atoms with van der Waals surface area (Å²) in [4.78, 5) is 9.33. The summed E-state index contributed by atoms with van der Waals surface area (Å²) in [6.07, 6.45) is 0. The maximum atomic E-state index is 13.0. The van der Waals surface area contributed by atoms with Crippen molar-refractivity contribution in [3.05, 3.63) is 51.2 Å². The Morgan fingerprint density at radius 3 is 2.47 bits per heavy atom. The van der Waals surface area contributed by atoms with Gasteiger partial charge in [0, 0.05) is 11.0 Å². The molecule has 0 bridgehead atoms. The summed E-state index contributed by atoms with van der Waals surface area (Å²) < 4.78 is 14.4. The highest BCUT2D eigenvalue weighted by Crippen LogP contribution is 2.23. The normalized spacial score (nSPS) is 10.5. The quantitative estimate of drug-likeness (QED) is 0.584. The molecular formula is C11H7Br2FN2S. The monoisotopic (exact) mass is 376 g/mol. The molecule has 0 spiro atoms. The Labute approximate surface area is 119 Å². The van der Waals surface area contributed by atoms with E-state index >= 15 is 0 Å². The predicted molar refractivity (Wildman–Crippen MR) is 73.4 cm³/mol. The van der Waals surface area contributed by atoms with Gasteiger partial charge in [-0.1, -0.05) is 6.07 Å². The van der Waals surface area contributed by atoms with Crippen molar-refractivity contribution in [1.29, 1.82) is 0 Å². The van der Waals surface area contributed by atoms with Crippen molar-refractivity contribution in [3.63, 3.8) is 0 Å². The Hall–Kier alpha value is -0.460. The molecule has 0 aliphatic rings. The van der Waals surface area contributed by atoms with E-state index in [9.17, 15) is 4.39 Å². The van der Waals surface area contributed by atoms with E-state index in [1.807, 2.05) is 6.07 Å². The van der Waals surface area contributed by atoms with Crippen molar-refractivity contribution in [2.75, 3.05) is 0 Å². The Morgan fingerprint density at radius 2 is 1.82 bits per heavy atom. The minimum absolute atomic E-state index is 0.230. The van der Waals surface area contributed by atoms with Gasteiger partial charge in [-0.05, 0) is 50.1 Å². The maximum absolute atomic E-state index is 13.0. The Kier molecular flexibility index (Phi) is 4.53. The Bertz CT molecular complexity index is 516. The van der Waals surface area contributed by atoms with Crippen molar-refractivity contribution in [3.8, 4) is 0 Å². The van der Waals surface area contributed by atoms with Crippen LogP contribution in [0.3, 0.4) is 0 Å². The van der Waals surface area contributed by atoms with E-state index in [1.54, 1.807) is 12.1 Å². The molecular weight excluding hydrogens is 371 g/mol. The Morgan fingerprint density at radius 1 is 1.12 bits per heavy atom. The van der Waals surface area contributed by atoms with E-state index in [-0.39, 0.29) is 5.82 Å². The van der Waals surface area contributed by atoms with Crippen molar-refractivity contribution in [2.24, 2.45) is 0 Å². The summed E-state index contributed by atoms with van der Waals surface area (Å²) in [6, 6.07) is 8.25. The average molecular weight is 378 g/mol. The molecule has 0 aliphatic heterocycles. The third-order valence-corrected chi connectivity index (χ3v) is 3.68. The molecule has 88 valence electrons. The topological polar surface area (TPSA) is 25.8 Å². The van der Waals surface area contributed by atoms with Crippen molar-refractivity contribution in [2.45, 2.75) is 10.6 Å². The number of thioether (sulfide) groups is 1. The van der Waals surface area contributed by atoms with Gasteiger partial charge in [-0.2, -0.15) is 0 Å². The lowest BCUT2D eigenvalue weighted by Gasteiger charge is -2.02. The first-order valence-corrected chi connectivity index (χ1v) is 7.28. The molecule has 0 aliphatic carbocycles. The van der Waals surface area contributed by atoms with Crippen molar-refractivity contribution >= 4 is 43.6 Å². The number of halogens is 3. The summed E-state index contributed by atoms with van der Waals surface area (Å²) in [5, 5.41) is 0. The van der Waals surface area contributed by atoms with Gasteiger partial charge < -0.3 is 0 Å². The van der Waals surface area contributed by atoms with E-state index in [4.69, 9.17) is 0 Å². The van der Waals surface area contributed by atoms with Crippen LogP contribution in [-0.2, 0) is 5.75 Å². The summed E-state index contributed by atoms with van der Waals surface area (Å²) in [5.74, 6) is 1.06. The molecule has 0 radical (unpaired) electrons. The molecule has 0 fully saturated rings. The number of hydrogen-bond donors (Lipinski definition) is 0. The standard InChI is InChI=1S/C11H7Br2FN2S/c12-9-5-10(13)16-11(15-9)6-17-8-3-1-2-7(14)4-8/h1-5H,6H2. The summed E-state index contributed by atoms with van der Waals surface area (Å²) in [7, 11) is 0. The molecule has 1 aromatic heterocycles. The summed E-state index contributed by atoms with van der Waals surface area (Å²) in [6.45, 7) is 0. The number of rotatable bonds is 3. The fraction of sp³-hybridized carbons (Fsp3) is 0.0909. The lowest BCUT2D eigenvalue weighted by atomic mass is 10.4. The van der Waals surface area contributed by atoms with Crippen LogP contribution in [0.1, 0.15) is 5.82 Å². The van der Waals surface area contributed by atoms with Crippen LogP contribution in [0.5, 0.6) is 0 Å². The van der Waals surface area contributed by atoms with Crippen LogP contribution in [0, 0.1) is 5.82 Å². The van der Waals surface area contributed by atoms with Gasteiger partial charge in [-0.3, -0.25) is 0 Å². The van der Waals surface area contributed by atoms with Gasteiger partial charge >= 0.3 is 0 Å². The van der Waals surface area contributed by atoms with Crippen LogP contribution in [0.2, 0.25) is 0 Å². The zero-order chi connectivity index (χ0) is 12.3. The molecule has 1 heterocycles. The van der Waals surface area contributed by atoms with Gasteiger partial charge in [-0.15, -0.1) is 11.8 Å². The predicted octanol–water partition coefficient (Wildman–Crippen LogP) is 4.43. The van der Waals surface area contributed by atoms with E-state index in [1.165, 1.54) is 23.9 Å². The van der Waals surface area contributed by atoms with Crippen LogP contribution < -0.4 is 0 Å². The fourth-order valence-electron chi connectivity index (χ4n) is 1.20. The first-order valence-electron chi connectivity index (χ1n) is 4.71. The first-order chi connectivity index (χ1) is 8.13.